The highest BCUT2D eigenvalue weighted by atomic mass is 19.1. The first-order chi connectivity index (χ1) is 14.5. The summed E-state index contributed by atoms with van der Waals surface area (Å²) in [7, 11) is 1.63. The number of nitrogens with one attached hydrogen (secondary N) is 3. The molecule has 0 aliphatic heterocycles. The zero-order valence-corrected chi connectivity index (χ0v) is 17.1. The van der Waals surface area contributed by atoms with Gasteiger partial charge in [-0.15, -0.1) is 0 Å². The number of hydrogen-bond acceptors (Lipinski definition) is 3. The number of aryl methyl sites for hydroxylation is 1. The molecule has 2 amide bonds. The number of rotatable bonds is 6. The molecule has 156 valence electrons. The molecule has 2 aromatic carbocycles. The summed E-state index contributed by atoms with van der Waals surface area (Å²) in [5, 5.41) is 7.71. The minimum absolute atomic E-state index is 0.272. The topological polar surface area (TPSA) is 79.3 Å². The van der Waals surface area contributed by atoms with Gasteiger partial charge in [0, 0.05) is 34.6 Å². The molecular weight excluding hydrogens is 385 g/mol. The Balaban J connectivity index is 1.36. The van der Waals surface area contributed by atoms with Crippen molar-refractivity contribution in [1.29, 1.82) is 0 Å². The van der Waals surface area contributed by atoms with Crippen LogP contribution in [-0.2, 0) is 6.42 Å². The molecule has 2 aromatic heterocycles. The Labute approximate surface area is 173 Å². The van der Waals surface area contributed by atoms with Crippen LogP contribution < -0.4 is 15.4 Å². The number of H-pyrrole nitrogens is 1. The first kappa shape index (κ1) is 19.8. The van der Waals surface area contributed by atoms with Crippen LogP contribution in [0.25, 0.3) is 21.9 Å². The van der Waals surface area contributed by atoms with Crippen molar-refractivity contribution in [3.8, 4) is 5.75 Å². The van der Waals surface area contributed by atoms with E-state index in [0.29, 0.717) is 18.7 Å². The van der Waals surface area contributed by atoms with E-state index in [0.717, 1.165) is 38.7 Å². The number of amides is 2. The molecular formula is C23H24FN3O3. The zero-order valence-electron chi connectivity index (χ0n) is 17.1. The lowest BCUT2D eigenvalue weighted by atomic mass is 10.1. The van der Waals surface area contributed by atoms with Gasteiger partial charge in [0.2, 0.25) is 0 Å². The maximum atomic E-state index is 13.3. The molecule has 6 nitrogen and oxygen atoms in total. The average Bonchev–Trinajstić information content (AvgIpc) is 3.28. The number of urea groups is 1. The first-order valence-corrected chi connectivity index (χ1v) is 9.83. The smallest absolute Gasteiger partial charge is 0.315 e. The van der Waals surface area contributed by atoms with E-state index in [1.807, 2.05) is 38.2 Å². The standard InChI is InChI=1S/C23H24FN3O3/c1-13-19-11-17(29-3)5-7-21(19)30-22(13)14(2)27-23(28)25-9-8-15-12-26-20-10-16(24)4-6-18(15)20/h4-7,10-12,14,26H,8-9H2,1-3H3,(H2,25,27,28). The summed E-state index contributed by atoms with van der Waals surface area (Å²) in [5.41, 5.74) is 3.51. The number of carbonyl (C=O) groups excluding carboxylic acids is 1. The van der Waals surface area contributed by atoms with Crippen molar-refractivity contribution in [2.24, 2.45) is 0 Å². The number of aromatic nitrogens is 1. The van der Waals surface area contributed by atoms with Crippen molar-refractivity contribution >= 4 is 27.9 Å². The fraction of sp³-hybridized carbons (Fsp3) is 0.261. The van der Waals surface area contributed by atoms with Crippen LogP contribution in [0, 0.1) is 12.7 Å². The van der Waals surface area contributed by atoms with Crippen molar-refractivity contribution in [2.45, 2.75) is 26.3 Å². The predicted molar refractivity (Wildman–Crippen MR) is 114 cm³/mol. The fourth-order valence-corrected chi connectivity index (χ4v) is 3.75. The molecule has 4 aromatic rings. The summed E-state index contributed by atoms with van der Waals surface area (Å²) < 4.78 is 24.5. The van der Waals surface area contributed by atoms with Crippen molar-refractivity contribution in [3.63, 3.8) is 0 Å². The highest BCUT2D eigenvalue weighted by Gasteiger charge is 2.19. The van der Waals surface area contributed by atoms with E-state index in [4.69, 9.17) is 9.15 Å². The molecule has 2 heterocycles. The molecule has 3 N–H and O–H groups in total. The van der Waals surface area contributed by atoms with E-state index in [-0.39, 0.29) is 17.9 Å². The summed E-state index contributed by atoms with van der Waals surface area (Å²) in [4.78, 5) is 15.4. The van der Waals surface area contributed by atoms with Crippen LogP contribution in [0.5, 0.6) is 5.75 Å². The van der Waals surface area contributed by atoms with E-state index in [9.17, 15) is 9.18 Å². The Morgan fingerprint density at radius 3 is 2.87 bits per heavy atom. The van der Waals surface area contributed by atoms with E-state index in [1.165, 1.54) is 12.1 Å². The molecule has 0 radical (unpaired) electrons. The van der Waals surface area contributed by atoms with E-state index in [2.05, 4.69) is 15.6 Å². The van der Waals surface area contributed by atoms with Crippen molar-refractivity contribution in [1.82, 2.24) is 15.6 Å². The van der Waals surface area contributed by atoms with Crippen LogP contribution in [0.4, 0.5) is 9.18 Å². The molecule has 0 bridgehead atoms. The Hall–Kier alpha value is -3.48. The maximum Gasteiger partial charge on any atom is 0.315 e. The minimum atomic E-state index is -0.292. The molecule has 1 atom stereocenters. The fourth-order valence-electron chi connectivity index (χ4n) is 3.75. The summed E-state index contributed by atoms with van der Waals surface area (Å²) in [5.74, 6) is 1.20. The second kappa shape index (κ2) is 8.10. The molecule has 4 rings (SSSR count). The van der Waals surface area contributed by atoms with Gasteiger partial charge >= 0.3 is 6.03 Å². The van der Waals surface area contributed by atoms with Gasteiger partial charge in [0.25, 0.3) is 0 Å². The average molecular weight is 409 g/mol. The van der Waals surface area contributed by atoms with Gasteiger partial charge in [-0.2, -0.15) is 0 Å². The Bertz CT molecular complexity index is 1210. The van der Waals surface area contributed by atoms with E-state index in [1.54, 1.807) is 13.2 Å². The van der Waals surface area contributed by atoms with Crippen molar-refractivity contribution < 1.29 is 18.3 Å². The van der Waals surface area contributed by atoms with Gasteiger partial charge in [-0.1, -0.05) is 0 Å². The second-order valence-corrected chi connectivity index (χ2v) is 7.33. The van der Waals surface area contributed by atoms with Gasteiger partial charge in [0.1, 0.15) is 22.9 Å². The third-order valence-electron chi connectivity index (χ3n) is 5.33. The number of carbonyl (C=O) groups is 1. The van der Waals surface area contributed by atoms with Gasteiger partial charge in [-0.25, -0.2) is 9.18 Å². The number of aromatic amines is 1. The quantitative estimate of drug-likeness (QED) is 0.421. The number of furan rings is 1. The number of halogens is 1. The van der Waals surface area contributed by atoms with Gasteiger partial charge in [0.15, 0.2) is 0 Å². The molecule has 1 unspecified atom stereocenters. The lowest BCUT2D eigenvalue weighted by molar-refractivity contribution is 0.236. The number of benzene rings is 2. The number of hydrogen-bond donors (Lipinski definition) is 3. The van der Waals surface area contributed by atoms with Gasteiger partial charge in [-0.3, -0.25) is 0 Å². The molecule has 0 aliphatic carbocycles. The van der Waals surface area contributed by atoms with Crippen molar-refractivity contribution in [3.05, 3.63) is 65.3 Å². The van der Waals surface area contributed by atoms with Gasteiger partial charge in [0.05, 0.1) is 13.2 Å². The minimum Gasteiger partial charge on any atom is -0.497 e. The predicted octanol–water partition coefficient (Wildman–Crippen LogP) is 4.97. The molecule has 0 aliphatic rings. The lowest BCUT2D eigenvalue weighted by Gasteiger charge is -2.13. The van der Waals surface area contributed by atoms with Gasteiger partial charge < -0.3 is 24.8 Å². The normalized spacial score (nSPS) is 12.3. The van der Waals surface area contributed by atoms with Crippen LogP contribution in [0.3, 0.4) is 0 Å². The Morgan fingerprint density at radius 2 is 2.07 bits per heavy atom. The summed E-state index contributed by atoms with van der Waals surface area (Å²) in [6.07, 6.45) is 2.48. The molecule has 7 heteroatoms. The maximum absolute atomic E-state index is 13.3. The largest absolute Gasteiger partial charge is 0.497 e. The Morgan fingerprint density at radius 1 is 1.23 bits per heavy atom. The molecule has 0 saturated heterocycles. The summed E-state index contributed by atoms with van der Waals surface area (Å²) in [6, 6.07) is 9.72. The second-order valence-electron chi connectivity index (χ2n) is 7.33. The highest BCUT2D eigenvalue weighted by molar-refractivity contribution is 5.84. The molecule has 0 spiro atoms. The molecule has 0 fully saturated rings. The lowest BCUT2D eigenvalue weighted by Crippen LogP contribution is -2.38. The zero-order chi connectivity index (χ0) is 21.3. The number of ether oxygens (including phenoxy) is 1. The number of fused-ring (bicyclic) bond motifs is 2. The number of methoxy groups -OCH3 is 1. The van der Waals surface area contributed by atoms with E-state index >= 15 is 0 Å². The molecule has 0 saturated carbocycles. The summed E-state index contributed by atoms with van der Waals surface area (Å²) in [6.45, 7) is 4.31. The summed E-state index contributed by atoms with van der Waals surface area (Å²) >= 11 is 0. The third-order valence-corrected chi connectivity index (χ3v) is 5.33. The Kier molecular flexibility index (Phi) is 5.35. The molecule has 30 heavy (non-hydrogen) atoms. The van der Waals surface area contributed by atoms with E-state index < -0.39 is 0 Å². The van der Waals surface area contributed by atoms with Crippen molar-refractivity contribution in [2.75, 3.05) is 13.7 Å². The van der Waals surface area contributed by atoms with Crippen LogP contribution in [0.1, 0.15) is 29.9 Å². The third kappa shape index (κ3) is 3.83. The van der Waals surface area contributed by atoms with Crippen LogP contribution in [0.2, 0.25) is 0 Å². The first-order valence-electron chi connectivity index (χ1n) is 9.83. The monoisotopic (exact) mass is 409 g/mol. The van der Waals surface area contributed by atoms with Crippen LogP contribution >= 0.6 is 0 Å². The SMILES string of the molecule is COc1ccc2oc(C(C)NC(=O)NCCc3c[nH]c4cc(F)ccc34)c(C)c2c1. The van der Waals surface area contributed by atoms with Crippen LogP contribution in [-0.4, -0.2) is 24.7 Å². The highest BCUT2D eigenvalue weighted by Crippen LogP contribution is 2.31. The van der Waals surface area contributed by atoms with Gasteiger partial charge in [-0.05, 0) is 62.2 Å². The van der Waals surface area contributed by atoms with Crippen LogP contribution in [0.15, 0.2) is 47.0 Å².